The Hall–Kier alpha value is -1.43. The van der Waals surface area contributed by atoms with E-state index in [1.54, 1.807) is 0 Å². The Bertz CT molecular complexity index is 674. The Labute approximate surface area is 135 Å². The molecule has 1 saturated heterocycles. The van der Waals surface area contributed by atoms with Crippen molar-refractivity contribution in [3.8, 4) is 0 Å². The zero-order valence-corrected chi connectivity index (χ0v) is 14.2. The van der Waals surface area contributed by atoms with Gasteiger partial charge in [0.15, 0.2) is 0 Å². The maximum Gasteiger partial charge on any atom is 0.205 e. The number of fused-ring (bicyclic) bond motifs is 1. The van der Waals surface area contributed by atoms with Crippen molar-refractivity contribution < 1.29 is 0 Å². The number of aryl methyl sites for hydroxylation is 2. The molecule has 3 heterocycles. The molecule has 0 radical (unpaired) electrons. The first-order valence-corrected chi connectivity index (χ1v) is 9.19. The summed E-state index contributed by atoms with van der Waals surface area (Å²) in [4.78, 5) is 12.1. The van der Waals surface area contributed by atoms with Crippen LogP contribution in [0.15, 0.2) is 0 Å². The van der Waals surface area contributed by atoms with Crippen molar-refractivity contribution in [1.82, 2.24) is 18.9 Å². The highest BCUT2D eigenvalue weighted by Gasteiger charge is 2.33. The molecule has 0 aromatic carbocycles. The Morgan fingerprint density at radius 2 is 2.05 bits per heavy atom. The third kappa shape index (κ3) is 2.24. The lowest BCUT2D eigenvalue weighted by molar-refractivity contribution is 0.608. The number of hydrogen-bond acceptors (Lipinski definition) is 5. The molecular weight excluding hydrogens is 294 g/mol. The van der Waals surface area contributed by atoms with Crippen LogP contribution in [0, 0.1) is 0 Å². The second-order valence-electron chi connectivity index (χ2n) is 6.33. The maximum absolute atomic E-state index is 5.01. The highest BCUT2D eigenvalue weighted by Crippen LogP contribution is 2.37. The lowest BCUT2D eigenvalue weighted by Crippen LogP contribution is -2.25. The van der Waals surface area contributed by atoms with Gasteiger partial charge in [0.05, 0.1) is 11.7 Å². The van der Waals surface area contributed by atoms with Crippen LogP contribution in [0.1, 0.15) is 61.7 Å². The molecule has 6 heteroatoms. The van der Waals surface area contributed by atoms with Gasteiger partial charge in [-0.25, -0.2) is 9.97 Å². The van der Waals surface area contributed by atoms with Gasteiger partial charge in [0, 0.05) is 37.2 Å². The molecule has 2 aliphatic rings. The molecule has 1 aliphatic carbocycles. The molecule has 2 aromatic heterocycles. The molecular formula is C16H23N5S. The molecule has 1 atom stereocenters. The number of nitrogens with zero attached hydrogens (tertiary/aromatic N) is 5. The third-order valence-corrected chi connectivity index (χ3v) is 5.77. The van der Waals surface area contributed by atoms with Crippen LogP contribution in [-0.4, -0.2) is 25.5 Å². The monoisotopic (exact) mass is 317 g/mol. The number of hydrogen-bond donors (Lipinski definition) is 0. The minimum atomic E-state index is 0.369. The minimum Gasteiger partial charge on any atom is -0.337 e. The summed E-state index contributed by atoms with van der Waals surface area (Å²) in [5, 5.41) is 1.07. The van der Waals surface area contributed by atoms with Crippen molar-refractivity contribution in [2.24, 2.45) is 7.05 Å². The van der Waals surface area contributed by atoms with Crippen LogP contribution in [0.4, 0.5) is 5.13 Å². The zero-order valence-electron chi connectivity index (χ0n) is 13.4. The van der Waals surface area contributed by atoms with Crippen LogP contribution in [0.5, 0.6) is 0 Å². The molecule has 0 bridgehead atoms. The number of imidazole rings is 1. The van der Waals surface area contributed by atoms with Crippen LogP contribution in [0.3, 0.4) is 0 Å². The molecule has 0 unspecified atom stereocenters. The highest BCUT2D eigenvalue weighted by molar-refractivity contribution is 7.09. The van der Waals surface area contributed by atoms with Gasteiger partial charge in [0.2, 0.25) is 5.13 Å². The quantitative estimate of drug-likeness (QED) is 0.873. The predicted octanol–water partition coefficient (Wildman–Crippen LogP) is 3.05. The van der Waals surface area contributed by atoms with Crippen molar-refractivity contribution in [3.05, 3.63) is 23.0 Å². The van der Waals surface area contributed by atoms with E-state index in [1.165, 1.54) is 60.8 Å². The van der Waals surface area contributed by atoms with Crippen molar-refractivity contribution in [2.45, 2.75) is 57.9 Å². The van der Waals surface area contributed by atoms with Crippen molar-refractivity contribution in [1.29, 1.82) is 0 Å². The molecule has 1 fully saturated rings. The van der Waals surface area contributed by atoms with Crippen LogP contribution >= 0.6 is 11.5 Å². The molecule has 0 spiro atoms. The fourth-order valence-electron chi connectivity index (χ4n) is 3.77. The fraction of sp³-hybridized carbons (Fsp3) is 0.688. The molecule has 0 N–H and O–H groups in total. The lowest BCUT2D eigenvalue weighted by atomic mass is 10.0. The summed E-state index contributed by atoms with van der Waals surface area (Å²) < 4.78 is 6.82. The molecule has 118 valence electrons. The first-order chi connectivity index (χ1) is 10.8. The van der Waals surface area contributed by atoms with E-state index < -0.39 is 0 Å². The summed E-state index contributed by atoms with van der Waals surface area (Å²) in [6, 6.07) is 0.369. The van der Waals surface area contributed by atoms with Crippen LogP contribution in [0.25, 0.3) is 0 Å². The van der Waals surface area contributed by atoms with E-state index in [4.69, 9.17) is 9.97 Å². The summed E-state index contributed by atoms with van der Waals surface area (Å²) in [5.41, 5.74) is 2.79. The van der Waals surface area contributed by atoms with Gasteiger partial charge in [-0.1, -0.05) is 6.92 Å². The van der Waals surface area contributed by atoms with Gasteiger partial charge >= 0.3 is 0 Å². The molecule has 1 aliphatic heterocycles. The lowest BCUT2D eigenvalue weighted by Gasteiger charge is -2.23. The summed E-state index contributed by atoms with van der Waals surface area (Å²) in [5.74, 6) is 2.20. The first-order valence-electron chi connectivity index (χ1n) is 8.41. The largest absolute Gasteiger partial charge is 0.337 e. The average molecular weight is 317 g/mol. The molecule has 4 rings (SSSR count). The summed E-state index contributed by atoms with van der Waals surface area (Å²) in [7, 11) is 2.19. The van der Waals surface area contributed by atoms with E-state index in [2.05, 4.69) is 27.8 Å². The van der Waals surface area contributed by atoms with Gasteiger partial charge < -0.3 is 9.47 Å². The Balaban J connectivity index is 1.67. The highest BCUT2D eigenvalue weighted by atomic mass is 32.1. The van der Waals surface area contributed by atoms with E-state index >= 15 is 0 Å². The van der Waals surface area contributed by atoms with Gasteiger partial charge in [-0.3, -0.25) is 0 Å². The topological polar surface area (TPSA) is 46.8 Å². The SMILES string of the molecule is CCc1nsc(N2CCC[C@H]2c2nc3c(n2C)CCCC3)n1. The van der Waals surface area contributed by atoms with Gasteiger partial charge in [-0.05, 0) is 38.5 Å². The number of rotatable bonds is 3. The van der Waals surface area contributed by atoms with E-state index in [1.807, 2.05) is 0 Å². The normalized spacial score (nSPS) is 21.4. The molecule has 0 amide bonds. The van der Waals surface area contributed by atoms with Gasteiger partial charge in [0.25, 0.3) is 0 Å². The number of aromatic nitrogens is 4. The number of anilines is 1. The molecule has 0 saturated carbocycles. The van der Waals surface area contributed by atoms with Crippen molar-refractivity contribution in [2.75, 3.05) is 11.4 Å². The second-order valence-corrected chi connectivity index (χ2v) is 7.06. The summed E-state index contributed by atoms with van der Waals surface area (Å²) in [6.07, 6.45) is 8.21. The van der Waals surface area contributed by atoms with Crippen LogP contribution < -0.4 is 4.90 Å². The minimum absolute atomic E-state index is 0.369. The maximum atomic E-state index is 5.01. The second kappa shape index (κ2) is 5.65. The van der Waals surface area contributed by atoms with Crippen molar-refractivity contribution in [3.63, 3.8) is 0 Å². The van der Waals surface area contributed by atoms with E-state index in [-0.39, 0.29) is 0 Å². The zero-order chi connectivity index (χ0) is 15.1. The molecule has 2 aromatic rings. The van der Waals surface area contributed by atoms with Crippen molar-refractivity contribution >= 4 is 16.7 Å². The van der Waals surface area contributed by atoms with Gasteiger partial charge in [0.1, 0.15) is 11.6 Å². The average Bonchev–Trinajstić information content (AvgIpc) is 3.25. The molecule has 5 nitrogen and oxygen atoms in total. The van der Waals surface area contributed by atoms with Crippen LogP contribution in [-0.2, 0) is 26.3 Å². The summed E-state index contributed by atoms with van der Waals surface area (Å²) in [6.45, 7) is 3.18. The predicted molar refractivity (Wildman–Crippen MR) is 88.5 cm³/mol. The van der Waals surface area contributed by atoms with Gasteiger partial charge in [-0.15, -0.1) is 0 Å². The first kappa shape index (κ1) is 14.2. The third-order valence-electron chi connectivity index (χ3n) is 4.98. The Morgan fingerprint density at radius 3 is 2.82 bits per heavy atom. The Kier molecular flexibility index (Phi) is 3.64. The van der Waals surface area contributed by atoms with Gasteiger partial charge in [-0.2, -0.15) is 4.37 Å². The fourth-order valence-corrected chi connectivity index (χ4v) is 4.60. The van der Waals surface area contributed by atoms with E-state index in [9.17, 15) is 0 Å². The van der Waals surface area contributed by atoms with E-state index in [0.717, 1.165) is 30.3 Å². The Morgan fingerprint density at radius 1 is 1.18 bits per heavy atom. The van der Waals surface area contributed by atoms with Crippen LogP contribution in [0.2, 0.25) is 0 Å². The summed E-state index contributed by atoms with van der Waals surface area (Å²) >= 11 is 1.54. The standard InChI is InChI=1S/C16H23N5S/c1-3-14-18-16(22-19-14)21-10-6-9-13(21)15-17-11-7-4-5-8-12(11)20(15)2/h13H,3-10H2,1-2H3/t13-/m0/s1. The molecule has 22 heavy (non-hydrogen) atoms. The smallest absolute Gasteiger partial charge is 0.205 e. The van der Waals surface area contributed by atoms with E-state index in [0.29, 0.717) is 6.04 Å².